The monoisotopic (exact) mass is 524 g/mol. The van der Waals surface area contributed by atoms with Gasteiger partial charge in [0, 0.05) is 29.7 Å². The van der Waals surface area contributed by atoms with Crippen molar-refractivity contribution in [2.75, 3.05) is 31.6 Å². The first-order chi connectivity index (χ1) is 17.3. The SMILES string of the molecule is Cc1ccc(-c2csc3ncn(CC(=O)Nc4ccc(S(=O)(=O)N5CCOCC5)cc4)c(=O)c23)cc1. The van der Waals surface area contributed by atoms with Crippen LogP contribution >= 0.6 is 11.3 Å². The molecule has 1 saturated heterocycles. The minimum absolute atomic E-state index is 0.148. The number of sulfonamides is 1. The van der Waals surface area contributed by atoms with E-state index in [1.54, 1.807) is 0 Å². The fourth-order valence-electron chi connectivity index (χ4n) is 4.03. The summed E-state index contributed by atoms with van der Waals surface area (Å²) in [4.78, 5) is 31.0. The molecule has 1 amide bonds. The maximum absolute atomic E-state index is 13.2. The second kappa shape index (κ2) is 9.94. The Hall–Kier alpha value is -3.38. The number of rotatable bonds is 6. The molecule has 2 aromatic heterocycles. The van der Waals surface area contributed by atoms with Crippen LogP contribution in [0.5, 0.6) is 0 Å². The standard InChI is InChI=1S/C25H24N4O5S2/c1-17-2-4-18(5-3-17)21-15-35-24-23(21)25(31)28(16-26-24)14-22(30)27-19-6-8-20(9-7-19)36(32,33)29-10-12-34-13-11-29/h2-9,15-16H,10-14H2,1H3,(H,27,30). The number of amides is 1. The van der Waals surface area contributed by atoms with Crippen molar-refractivity contribution < 1.29 is 17.9 Å². The number of fused-ring (bicyclic) bond motifs is 1. The lowest BCUT2D eigenvalue weighted by molar-refractivity contribution is -0.116. The number of nitrogens with one attached hydrogen (secondary N) is 1. The van der Waals surface area contributed by atoms with Gasteiger partial charge < -0.3 is 10.1 Å². The highest BCUT2D eigenvalue weighted by molar-refractivity contribution is 7.89. The van der Waals surface area contributed by atoms with Gasteiger partial charge in [-0.1, -0.05) is 29.8 Å². The van der Waals surface area contributed by atoms with E-state index in [0.29, 0.717) is 42.2 Å². The Labute approximate surface area is 212 Å². The van der Waals surface area contributed by atoms with Gasteiger partial charge in [-0.3, -0.25) is 14.2 Å². The first-order valence-electron chi connectivity index (χ1n) is 11.3. The van der Waals surface area contributed by atoms with Crippen molar-refractivity contribution in [3.8, 4) is 11.1 Å². The molecule has 5 rings (SSSR count). The molecule has 0 saturated carbocycles. The Balaban J connectivity index is 1.32. The lowest BCUT2D eigenvalue weighted by atomic mass is 10.1. The molecule has 0 spiro atoms. The first kappa shape index (κ1) is 24.3. The van der Waals surface area contributed by atoms with Gasteiger partial charge >= 0.3 is 0 Å². The Bertz CT molecular complexity index is 1570. The van der Waals surface area contributed by atoms with E-state index < -0.39 is 15.9 Å². The van der Waals surface area contributed by atoms with Crippen LogP contribution in [0.2, 0.25) is 0 Å². The Morgan fingerprint density at radius 1 is 1.08 bits per heavy atom. The number of aromatic nitrogens is 2. The molecule has 9 nitrogen and oxygen atoms in total. The molecule has 4 aromatic rings. The molecular weight excluding hydrogens is 500 g/mol. The van der Waals surface area contributed by atoms with Crippen molar-refractivity contribution >= 4 is 43.2 Å². The number of nitrogens with zero attached hydrogens (tertiary/aromatic N) is 3. The molecule has 2 aromatic carbocycles. The zero-order valence-electron chi connectivity index (χ0n) is 19.5. The second-order valence-electron chi connectivity index (χ2n) is 8.46. The number of carbonyl (C=O) groups excluding carboxylic acids is 1. The fraction of sp³-hybridized carbons (Fsp3) is 0.240. The number of thiophene rings is 1. The number of hydrogen-bond donors (Lipinski definition) is 1. The summed E-state index contributed by atoms with van der Waals surface area (Å²) in [6.45, 7) is 3.13. The summed E-state index contributed by atoms with van der Waals surface area (Å²) in [5.74, 6) is -0.422. The molecule has 36 heavy (non-hydrogen) atoms. The van der Waals surface area contributed by atoms with Crippen molar-refractivity contribution in [2.24, 2.45) is 0 Å². The lowest BCUT2D eigenvalue weighted by Gasteiger charge is -2.26. The number of carbonyl (C=O) groups is 1. The summed E-state index contributed by atoms with van der Waals surface area (Å²) < 4.78 is 33.4. The van der Waals surface area contributed by atoms with E-state index in [0.717, 1.165) is 16.7 Å². The van der Waals surface area contributed by atoms with Crippen LogP contribution in [0.25, 0.3) is 21.3 Å². The topological polar surface area (TPSA) is 111 Å². The molecule has 1 aliphatic rings. The molecule has 0 bridgehead atoms. The molecule has 186 valence electrons. The third kappa shape index (κ3) is 4.82. The van der Waals surface area contributed by atoms with Crippen LogP contribution in [0.3, 0.4) is 0 Å². The lowest BCUT2D eigenvalue weighted by Crippen LogP contribution is -2.40. The Kier molecular flexibility index (Phi) is 6.71. The van der Waals surface area contributed by atoms with Crippen molar-refractivity contribution in [1.82, 2.24) is 13.9 Å². The molecule has 1 aliphatic heterocycles. The van der Waals surface area contributed by atoms with Crippen molar-refractivity contribution in [3.63, 3.8) is 0 Å². The van der Waals surface area contributed by atoms with Crippen LogP contribution in [0.4, 0.5) is 5.69 Å². The van der Waals surface area contributed by atoms with Crippen LogP contribution in [0, 0.1) is 6.92 Å². The van der Waals surface area contributed by atoms with Crippen LogP contribution in [-0.4, -0.2) is 54.5 Å². The van der Waals surface area contributed by atoms with Gasteiger partial charge in [0.25, 0.3) is 5.56 Å². The molecule has 1 fully saturated rings. The third-order valence-electron chi connectivity index (χ3n) is 5.98. The highest BCUT2D eigenvalue weighted by Gasteiger charge is 2.26. The molecule has 0 aliphatic carbocycles. The molecule has 3 heterocycles. The quantitative estimate of drug-likeness (QED) is 0.415. The normalized spacial score (nSPS) is 14.7. The van der Waals surface area contributed by atoms with Gasteiger partial charge in [0.1, 0.15) is 11.4 Å². The van der Waals surface area contributed by atoms with Gasteiger partial charge in [0.15, 0.2) is 0 Å². The number of benzene rings is 2. The van der Waals surface area contributed by atoms with Gasteiger partial charge in [-0.15, -0.1) is 11.3 Å². The number of ether oxygens (including phenoxy) is 1. The maximum atomic E-state index is 13.2. The second-order valence-corrected chi connectivity index (χ2v) is 11.3. The van der Waals surface area contributed by atoms with Gasteiger partial charge in [0.2, 0.25) is 15.9 Å². The van der Waals surface area contributed by atoms with Gasteiger partial charge in [-0.05, 0) is 36.8 Å². The van der Waals surface area contributed by atoms with E-state index in [-0.39, 0.29) is 17.0 Å². The summed E-state index contributed by atoms with van der Waals surface area (Å²) in [6, 6.07) is 13.9. The van der Waals surface area contributed by atoms with Gasteiger partial charge in [-0.25, -0.2) is 13.4 Å². The van der Waals surface area contributed by atoms with Crippen LogP contribution in [0.1, 0.15) is 5.56 Å². The van der Waals surface area contributed by atoms with Crippen molar-refractivity contribution in [1.29, 1.82) is 0 Å². The van der Waals surface area contributed by atoms with Gasteiger partial charge in [0.05, 0.1) is 29.8 Å². The molecule has 0 radical (unpaired) electrons. The Morgan fingerprint density at radius 3 is 2.47 bits per heavy atom. The molecular formula is C25H24N4O5S2. The van der Waals surface area contributed by atoms with E-state index in [9.17, 15) is 18.0 Å². The summed E-state index contributed by atoms with van der Waals surface area (Å²) in [7, 11) is -3.62. The summed E-state index contributed by atoms with van der Waals surface area (Å²) in [5, 5.41) is 5.10. The van der Waals surface area contributed by atoms with Crippen LogP contribution in [-0.2, 0) is 26.1 Å². The summed E-state index contributed by atoms with van der Waals surface area (Å²) in [6.07, 6.45) is 1.37. The summed E-state index contributed by atoms with van der Waals surface area (Å²) in [5.41, 5.74) is 2.97. The molecule has 0 atom stereocenters. The highest BCUT2D eigenvalue weighted by Crippen LogP contribution is 2.30. The predicted molar refractivity (Wildman–Crippen MR) is 139 cm³/mol. The third-order valence-corrected chi connectivity index (χ3v) is 8.78. The first-order valence-corrected chi connectivity index (χ1v) is 13.7. The molecule has 11 heteroatoms. The van der Waals surface area contributed by atoms with Crippen LogP contribution in [0.15, 0.2) is 69.9 Å². The number of morpholine rings is 1. The maximum Gasteiger partial charge on any atom is 0.263 e. The minimum atomic E-state index is -3.62. The average molecular weight is 525 g/mol. The minimum Gasteiger partial charge on any atom is -0.379 e. The zero-order chi connectivity index (χ0) is 25.3. The largest absolute Gasteiger partial charge is 0.379 e. The fourth-order valence-corrected chi connectivity index (χ4v) is 6.34. The van der Waals surface area contributed by atoms with E-state index in [1.807, 2.05) is 36.6 Å². The molecule has 0 unspecified atom stereocenters. The Morgan fingerprint density at radius 2 is 1.78 bits per heavy atom. The van der Waals surface area contributed by atoms with E-state index >= 15 is 0 Å². The van der Waals surface area contributed by atoms with E-state index in [4.69, 9.17) is 4.74 Å². The van der Waals surface area contributed by atoms with Crippen molar-refractivity contribution in [2.45, 2.75) is 18.4 Å². The van der Waals surface area contributed by atoms with Crippen molar-refractivity contribution in [3.05, 3.63) is 76.2 Å². The number of hydrogen-bond acceptors (Lipinski definition) is 7. The number of anilines is 1. The van der Waals surface area contributed by atoms with E-state index in [1.165, 1.54) is 50.8 Å². The predicted octanol–water partition coefficient (Wildman–Crippen LogP) is 3.09. The smallest absolute Gasteiger partial charge is 0.263 e. The van der Waals surface area contributed by atoms with E-state index in [2.05, 4.69) is 10.3 Å². The molecule has 1 N–H and O–H groups in total. The highest BCUT2D eigenvalue weighted by atomic mass is 32.2. The van der Waals surface area contributed by atoms with Crippen LogP contribution < -0.4 is 10.9 Å². The average Bonchev–Trinajstić information content (AvgIpc) is 3.32. The summed E-state index contributed by atoms with van der Waals surface area (Å²) >= 11 is 1.39. The number of aryl methyl sites for hydroxylation is 1. The zero-order valence-corrected chi connectivity index (χ0v) is 21.1. The van der Waals surface area contributed by atoms with Gasteiger partial charge in [-0.2, -0.15) is 4.31 Å².